The SMILES string of the molecule is Cc1nc(N2CC3(CC(c4nnc5n4-c4ccc(Cl)cc4CN(C4(C(F)(F)F)CC4)C5)C3)C2)ccc1C#N. The van der Waals surface area contributed by atoms with Crippen LogP contribution in [0.1, 0.15) is 60.1 Å². The van der Waals surface area contributed by atoms with Crippen molar-refractivity contribution in [2.75, 3.05) is 18.0 Å². The van der Waals surface area contributed by atoms with E-state index in [0.717, 1.165) is 54.5 Å². The largest absolute Gasteiger partial charge is 0.406 e. The molecule has 0 bridgehead atoms. The van der Waals surface area contributed by atoms with E-state index in [4.69, 9.17) is 16.9 Å². The Balaban J connectivity index is 1.14. The van der Waals surface area contributed by atoms with Crippen molar-refractivity contribution in [2.45, 2.75) is 63.3 Å². The number of pyridine rings is 1. The van der Waals surface area contributed by atoms with Crippen molar-refractivity contribution < 1.29 is 13.2 Å². The van der Waals surface area contributed by atoms with Crippen LogP contribution in [0.15, 0.2) is 30.3 Å². The van der Waals surface area contributed by atoms with Crippen LogP contribution in [0.25, 0.3) is 5.69 Å². The van der Waals surface area contributed by atoms with Crippen LogP contribution < -0.4 is 4.90 Å². The Kier molecular flexibility index (Phi) is 4.99. The standard InChI is InChI=1S/C27H25ClF3N7/c1-16-17(11-32)2-5-22(33-16)36-14-25(15-36)9-19(10-25)24-35-34-23-13-37(26(6-7-26)27(29,30)31)12-18-8-20(28)3-4-21(18)38(23)24/h2-5,8,19H,6-7,9-10,12-15H2,1H3. The molecule has 38 heavy (non-hydrogen) atoms. The Bertz CT molecular complexity index is 1490. The molecule has 2 aromatic heterocycles. The van der Waals surface area contributed by atoms with Crippen molar-refractivity contribution in [3.8, 4) is 11.8 Å². The molecule has 2 saturated carbocycles. The third-order valence-corrected chi connectivity index (χ3v) is 9.11. The predicted octanol–water partition coefficient (Wildman–Crippen LogP) is 5.29. The van der Waals surface area contributed by atoms with E-state index in [1.54, 1.807) is 12.1 Å². The molecule has 2 aliphatic carbocycles. The van der Waals surface area contributed by atoms with Gasteiger partial charge < -0.3 is 4.90 Å². The van der Waals surface area contributed by atoms with E-state index in [-0.39, 0.29) is 37.3 Å². The maximum absolute atomic E-state index is 14.1. The number of benzene rings is 1. The molecule has 1 aromatic carbocycles. The molecule has 0 amide bonds. The van der Waals surface area contributed by atoms with Crippen LogP contribution in [-0.2, 0) is 13.1 Å². The molecule has 4 aliphatic rings. The van der Waals surface area contributed by atoms with Crippen LogP contribution in [0.3, 0.4) is 0 Å². The van der Waals surface area contributed by atoms with Crippen molar-refractivity contribution in [1.29, 1.82) is 5.26 Å². The molecule has 1 saturated heterocycles. The lowest BCUT2D eigenvalue weighted by atomic mass is 9.57. The van der Waals surface area contributed by atoms with Gasteiger partial charge >= 0.3 is 6.18 Å². The minimum absolute atomic E-state index is 0.0914. The van der Waals surface area contributed by atoms with Crippen LogP contribution >= 0.6 is 11.6 Å². The zero-order valence-corrected chi connectivity index (χ0v) is 21.5. The van der Waals surface area contributed by atoms with Crippen molar-refractivity contribution in [3.05, 3.63) is 63.8 Å². The van der Waals surface area contributed by atoms with E-state index >= 15 is 0 Å². The number of hydrogen-bond donors (Lipinski definition) is 0. The maximum atomic E-state index is 14.1. The van der Waals surface area contributed by atoms with E-state index in [9.17, 15) is 13.2 Å². The summed E-state index contributed by atoms with van der Waals surface area (Å²) in [5.74, 6) is 2.43. The van der Waals surface area contributed by atoms with E-state index in [1.807, 2.05) is 29.7 Å². The second-order valence-corrected chi connectivity index (χ2v) is 11.8. The first kappa shape index (κ1) is 23.9. The summed E-state index contributed by atoms with van der Waals surface area (Å²) in [5.41, 5.74) is 1.27. The van der Waals surface area contributed by atoms with E-state index in [2.05, 4.69) is 26.2 Å². The van der Waals surface area contributed by atoms with E-state index in [0.29, 0.717) is 16.4 Å². The Morgan fingerprint density at radius 3 is 2.50 bits per heavy atom. The fraction of sp³-hybridized carbons (Fsp3) is 0.481. The first-order valence-electron chi connectivity index (χ1n) is 12.8. The van der Waals surface area contributed by atoms with Gasteiger partial charge in [-0.1, -0.05) is 11.6 Å². The zero-order valence-electron chi connectivity index (χ0n) is 20.8. The fourth-order valence-electron chi connectivity index (χ4n) is 6.68. The summed E-state index contributed by atoms with van der Waals surface area (Å²) in [7, 11) is 0. The summed E-state index contributed by atoms with van der Waals surface area (Å²) < 4.78 is 44.1. The molecular formula is C27H25ClF3N7. The normalized spacial score (nSPS) is 21.6. The molecule has 1 spiro atoms. The summed E-state index contributed by atoms with van der Waals surface area (Å²) in [6, 6.07) is 11.3. The van der Waals surface area contributed by atoms with Crippen molar-refractivity contribution in [1.82, 2.24) is 24.6 Å². The molecule has 3 fully saturated rings. The van der Waals surface area contributed by atoms with Crippen LogP contribution in [-0.4, -0.2) is 49.5 Å². The van der Waals surface area contributed by atoms with Gasteiger partial charge in [0.15, 0.2) is 5.82 Å². The zero-order chi connectivity index (χ0) is 26.4. The number of aryl methyl sites for hydroxylation is 1. The average Bonchev–Trinajstić information content (AvgIpc) is 3.57. The number of hydrogen-bond acceptors (Lipinski definition) is 6. The summed E-state index contributed by atoms with van der Waals surface area (Å²) in [5, 5.41) is 18.6. The second kappa shape index (κ2) is 7.93. The van der Waals surface area contributed by atoms with Crippen molar-refractivity contribution in [3.63, 3.8) is 0 Å². The smallest absolute Gasteiger partial charge is 0.355 e. The summed E-state index contributed by atoms with van der Waals surface area (Å²) in [6.45, 7) is 3.88. The molecule has 0 unspecified atom stereocenters. The highest BCUT2D eigenvalue weighted by molar-refractivity contribution is 6.30. The summed E-state index contributed by atoms with van der Waals surface area (Å²) in [6.07, 6.45) is -2.22. The van der Waals surface area contributed by atoms with Gasteiger partial charge in [-0.2, -0.15) is 18.4 Å². The second-order valence-electron chi connectivity index (χ2n) is 11.3. The van der Waals surface area contributed by atoms with Gasteiger partial charge in [0.2, 0.25) is 0 Å². The van der Waals surface area contributed by atoms with Crippen LogP contribution in [0.4, 0.5) is 19.0 Å². The topological polar surface area (TPSA) is 73.9 Å². The van der Waals surface area contributed by atoms with Gasteiger partial charge in [0.05, 0.1) is 23.5 Å². The first-order valence-corrected chi connectivity index (χ1v) is 13.2. The summed E-state index contributed by atoms with van der Waals surface area (Å²) in [4.78, 5) is 8.33. The predicted molar refractivity (Wildman–Crippen MR) is 134 cm³/mol. The number of nitrogens with zero attached hydrogens (tertiary/aromatic N) is 7. The Hall–Kier alpha value is -3.16. The minimum Gasteiger partial charge on any atom is -0.355 e. The van der Waals surface area contributed by atoms with Crippen molar-refractivity contribution >= 4 is 17.4 Å². The van der Waals surface area contributed by atoms with E-state index < -0.39 is 11.7 Å². The van der Waals surface area contributed by atoms with Gasteiger partial charge in [-0.3, -0.25) is 9.47 Å². The van der Waals surface area contributed by atoms with Gasteiger partial charge in [-0.25, -0.2) is 4.98 Å². The molecule has 0 atom stereocenters. The van der Waals surface area contributed by atoms with Gasteiger partial charge in [-0.15, -0.1) is 10.2 Å². The molecule has 0 radical (unpaired) electrons. The Morgan fingerprint density at radius 1 is 1.08 bits per heavy atom. The number of aromatic nitrogens is 4. The monoisotopic (exact) mass is 539 g/mol. The number of fused-ring (bicyclic) bond motifs is 3. The van der Waals surface area contributed by atoms with Crippen LogP contribution in [0.5, 0.6) is 0 Å². The van der Waals surface area contributed by atoms with Crippen molar-refractivity contribution in [2.24, 2.45) is 5.41 Å². The average molecular weight is 540 g/mol. The number of nitriles is 1. The molecule has 0 N–H and O–H groups in total. The highest BCUT2D eigenvalue weighted by Crippen LogP contribution is 2.58. The molecule has 4 heterocycles. The van der Waals surface area contributed by atoms with Gasteiger partial charge in [0, 0.05) is 36.0 Å². The fourth-order valence-corrected chi connectivity index (χ4v) is 6.88. The molecule has 11 heteroatoms. The van der Waals surface area contributed by atoms with Crippen LogP contribution in [0.2, 0.25) is 5.02 Å². The molecule has 7 nitrogen and oxygen atoms in total. The quantitative estimate of drug-likeness (QED) is 0.450. The first-order chi connectivity index (χ1) is 18.1. The van der Waals surface area contributed by atoms with Gasteiger partial charge in [0.1, 0.15) is 23.3 Å². The number of rotatable bonds is 3. The molecule has 7 rings (SSSR count). The third-order valence-electron chi connectivity index (χ3n) is 8.88. The summed E-state index contributed by atoms with van der Waals surface area (Å²) >= 11 is 6.29. The Morgan fingerprint density at radius 2 is 1.84 bits per heavy atom. The van der Waals surface area contributed by atoms with Crippen LogP contribution in [0, 0.1) is 23.7 Å². The molecule has 3 aromatic rings. The lowest BCUT2D eigenvalue weighted by Gasteiger charge is -2.59. The van der Waals surface area contributed by atoms with Gasteiger partial charge in [0.25, 0.3) is 0 Å². The highest BCUT2D eigenvalue weighted by atomic mass is 35.5. The number of halogens is 4. The molecule has 2 aliphatic heterocycles. The maximum Gasteiger partial charge on any atom is 0.406 e. The number of alkyl halides is 3. The lowest BCUT2D eigenvalue weighted by Crippen LogP contribution is -2.62. The number of anilines is 1. The lowest BCUT2D eigenvalue weighted by molar-refractivity contribution is -0.200. The molecular weight excluding hydrogens is 515 g/mol. The Labute approximate surface area is 222 Å². The van der Waals surface area contributed by atoms with Gasteiger partial charge in [-0.05, 0) is 68.5 Å². The highest BCUT2D eigenvalue weighted by Gasteiger charge is 2.67. The minimum atomic E-state index is -4.30. The third kappa shape index (κ3) is 3.48. The van der Waals surface area contributed by atoms with E-state index in [1.165, 1.54) is 4.90 Å². The molecule has 196 valence electrons.